The van der Waals surface area contributed by atoms with Crippen LogP contribution in [0.4, 0.5) is 0 Å². The number of rotatable bonds is 8. The number of benzene rings is 4. The first-order valence-electron chi connectivity index (χ1n) is 10.5. The molecule has 0 bridgehead atoms. The molecule has 4 aromatic rings. The van der Waals surface area contributed by atoms with E-state index in [0.717, 1.165) is 29.4 Å². The van der Waals surface area contributed by atoms with Crippen LogP contribution in [0.3, 0.4) is 0 Å². The normalized spacial score (nSPS) is 12.9. The van der Waals surface area contributed by atoms with Crippen molar-refractivity contribution < 1.29 is 0 Å². The summed E-state index contributed by atoms with van der Waals surface area (Å²) >= 11 is 15.0. The maximum atomic E-state index is 7.52. The second-order valence-electron chi connectivity index (χ2n) is 7.64. The average molecular weight is 483 g/mol. The molecule has 0 aliphatic carbocycles. The summed E-state index contributed by atoms with van der Waals surface area (Å²) in [5.74, 6) is 0. The third-order valence-electron chi connectivity index (χ3n) is 5.59. The second kappa shape index (κ2) is 9.85. The Kier molecular flexibility index (Phi) is 7.15. The van der Waals surface area contributed by atoms with Crippen molar-refractivity contribution in [1.82, 2.24) is 0 Å². The van der Waals surface area contributed by atoms with Gasteiger partial charge in [0.2, 0.25) is 0 Å². The predicted octanol–water partition coefficient (Wildman–Crippen LogP) is 7.02. The zero-order valence-electron chi connectivity index (χ0n) is 17.3. The third kappa shape index (κ3) is 5.05. The molecule has 0 heterocycles. The molecule has 0 nitrogen and oxygen atoms in total. The molecule has 4 heteroatoms. The van der Waals surface area contributed by atoms with Crippen LogP contribution in [-0.4, -0.2) is 12.3 Å². The van der Waals surface area contributed by atoms with Gasteiger partial charge in [-0.3, -0.25) is 0 Å². The molecular weight excluding hydrogens is 457 g/mol. The van der Waals surface area contributed by atoms with Crippen LogP contribution in [0.25, 0.3) is 0 Å². The summed E-state index contributed by atoms with van der Waals surface area (Å²) in [6.07, 6.45) is 2.78. The molecule has 4 rings (SSSR count). The van der Waals surface area contributed by atoms with E-state index < -0.39 is 13.2 Å². The van der Waals surface area contributed by atoms with Crippen molar-refractivity contribution in [3.05, 3.63) is 121 Å². The summed E-state index contributed by atoms with van der Waals surface area (Å²) in [5, 5.41) is 1.57. The van der Waals surface area contributed by atoms with Gasteiger partial charge in [0.05, 0.1) is 0 Å². The molecule has 0 N–H and O–H groups in total. The second-order valence-corrected chi connectivity index (χ2v) is 18.6. The van der Waals surface area contributed by atoms with Gasteiger partial charge in [0, 0.05) is 0 Å². The van der Waals surface area contributed by atoms with Gasteiger partial charge in [-0.15, -0.1) is 0 Å². The van der Waals surface area contributed by atoms with Crippen LogP contribution in [0.1, 0.15) is 6.42 Å². The van der Waals surface area contributed by atoms with E-state index in [2.05, 4.69) is 84.9 Å². The molecule has 0 aromatic heterocycles. The van der Waals surface area contributed by atoms with Crippen molar-refractivity contribution in [2.24, 2.45) is 0 Å². The summed E-state index contributed by atoms with van der Waals surface area (Å²) in [6.45, 7) is 0. The SMILES string of the molecule is ClP(Cl)(CCCP(c1ccccc1)c1ccccc1)(c1ccccc1)c1ccccc1. The molecule has 0 radical (unpaired) electrons. The Balaban J connectivity index is 1.64. The van der Waals surface area contributed by atoms with E-state index in [-0.39, 0.29) is 0 Å². The van der Waals surface area contributed by atoms with E-state index in [4.69, 9.17) is 22.5 Å². The molecule has 0 amide bonds. The van der Waals surface area contributed by atoms with Crippen molar-refractivity contribution >= 4 is 56.9 Å². The Morgan fingerprint density at radius 2 is 0.871 bits per heavy atom. The third-order valence-corrected chi connectivity index (χ3v) is 15.3. The van der Waals surface area contributed by atoms with Gasteiger partial charge in [-0.05, 0) is 0 Å². The summed E-state index contributed by atoms with van der Waals surface area (Å²) < 4.78 is 0. The minimum absolute atomic E-state index is 0.461. The number of hydrogen-bond donors (Lipinski definition) is 0. The van der Waals surface area contributed by atoms with Crippen LogP contribution in [0.5, 0.6) is 0 Å². The Labute approximate surface area is 196 Å². The monoisotopic (exact) mass is 482 g/mol. The number of halogens is 2. The van der Waals surface area contributed by atoms with E-state index in [1.807, 2.05) is 36.4 Å². The van der Waals surface area contributed by atoms with Gasteiger partial charge in [0.15, 0.2) is 0 Å². The van der Waals surface area contributed by atoms with Crippen molar-refractivity contribution in [3.63, 3.8) is 0 Å². The molecule has 158 valence electrons. The van der Waals surface area contributed by atoms with Gasteiger partial charge < -0.3 is 0 Å². The zero-order valence-corrected chi connectivity index (χ0v) is 20.6. The van der Waals surface area contributed by atoms with Gasteiger partial charge in [0.25, 0.3) is 0 Å². The zero-order chi connectivity index (χ0) is 21.6. The molecule has 0 unspecified atom stereocenters. The minimum atomic E-state index is -3.32. The van der Waals surface area contributed by atoms with Gasteiger partial charge in [-0.2, -0.15) is 0 Å². The van der Waals surface area contributed by atoms with Gasteiger partial charge >= 0.3 is 197 Å². The average Bonchev–Trinajstić information content (AvgIpc) is 2.84. The summed E-state index contributed by atoms with van der Waals surface area (Å²) in [4.78, 5) is 0. The van der Waals surface area contributed by atoms with Crippen LogP contribution in [0.15, 0.2) is 121 Å². The Morgan fingerprint density at radius 1 is 0.516 bits per heavy atom. The van der Waals surface area contributed by atoms with Crippen molar-refractivity contribution in [1.29, 1.82) is 0 Å². The van der Waals surface area contributed by atoms with Crippen LogP contribution in [-0.2, 0) is 0 Å². The van der Waals surface area contributed by atoms with E-state index in [9.17, 15) is 0 Å². The summed E-state index contributed by atoms with van der Waals surface area (Å²) in [5.41, 5.74) is 0. The Morgan fingerprint density at radius 3 is 1.26 bits per heavy atom. The summed E-state index contributed by atoms with van der Waals surface area (Å²) in [6, 6.07) is 42.2. The quantitative estimate of drug-likeness (QED) is 0.236. The maximum absolute atomic E-state index is 7.52. The van der Waals surface area contributed by atoms with Gasteiger partial charge in [-0.25, -0.2) is 0 Å². The fraction of sp³-hybridized carbons (Fsp3) is 0.111. The van der Waals surface area contributed by atoms with Gasteiger partial charge in [0.1, 0.15) is 0 Å². The van der Waals surface area contributed by atoms with Crippen molar-refractivity contribution in [3.8, 4) is 0 Å². The first-order chi connectivity index (χ1) is 15.1. The standard InChI is InChI=1S/C27H26Cl2P2/c28-31(29,26-18-9-3-10-19-26,27-20-11-4-12-21-27)23-13-22-30(24-14-5-1-6-15-24)25-16-7-2-8-17-25/h1-12,14-21H,13,22-23H2. The van der Waals surface area contributed by atoms with E-state index in [0.29, 0.717) is 0 Å². The van der Waals surface area contributed by atoms with Crippen LogP contribution in [0, 0.1) is 0 Å². The fourth-order valence-corrected chi connectivity index (χ4v) is 11.7. The van der Waals surface area contributed by atoms with Crippen LogP contribution < -0.4 is 21.2 Å². The molecule has 0 saturated carbocycles. The molecule has 0 saturated heterocycles. The van der Waals surface area contributed by atoms with Gasteiger partial charge in [-0.1, -0.05) is 0 Å². The van der Waals surface area contributed by atoms with E-state index >= 15 is 0 Å². The predicted molar refractivity (Wildman–Crippen MR) is 144 cm³/mol. The molecule has 0 aliphatic rings. The Hall–Kier alpha value is -1.68. The number of hydrogen-bond acceptors (Lipinski definition) is 0. The van der Waals surface area contributed by atoms with E-state index in [1.165, 1.54) is 10.6 Å². The molecule has 0 spiro atoms. The molecule has 0 atom stereocenters. The first kappa shape index (κ1) is 22.5. The van der Waals surface area contributed by atoms with Crippen LogP contribution in [0.2, 0.25) is 0 Å². The molecular formula is C27H26Cl2P2. The Bertz CT molecular complexity index is 1000. The molecule has 4 aromatic carbocycles. The van der Waals surface area contributed by atoms with E-state index in [1.54, 1.807) is 0 Å². The molecule has 0 aliphatic heterocycles. The topological polar surface area (TPSA) is 0 Å². The summed E-state index contributed by atoms with van der Waals surface area (Å²) in [7, 11) is -0.461. The fourth-order valence-electron chi connectivity index (χ4n) is 3.98. The van der Waals surface area contributed by atoms with Crippen LogP contribution >= 0.6 is 35.7 Å². The molecule has 31 heavy (non-hydrogen) atoms. The van der Waals surface area contributed by atoms with Crippen molar-refractivity contribution in [2.75, 3.05) is 12.3 Å². The molecule has 0 fully saturated rings. The van der Waals surface area contributed by atoms with Crippen molar-refractivity contribution in [2.45, 2.75) is 6.42 Å². The first-order valence-corrected chi connectivity index (χ1v) is 16.3.